The predicted octanol–water partition coefficient (Wildman–Crippen LogP) is 3.95. The largest absolute Gasteiger partial charge is 0.465 e. The first-order valence-electron chi connectivity index (χ1n) is 8.28. The Kier molecular flexibility index (Phi) is 5.15. The van der Waals surface area contributed by atoms with Crippen molar-refractivity contribution in [2.75, 3.05) is 13.1 Å². The lowest BCUT2D eigenvalue weighted by atomic mass is 9.91. The van der Waals surface area contributed by atoms with E-state index in [0.29, 0.717) is 0 Å². The fraction of sp³-hybridized carbons (Fsp3) is 0.778. The van der Waals surface area contributed by atoms with Gasteiger partial charge in [-0.3, -0.25) is 4.90 Å². The number of nitrogens with one attached hydrogen (secondary N) is 1. The molecule has 0 spiro atoms. The van der Waals surface area contributed by atoms with Gasteiger partial charge in [0, 0.05) is 30.7 Å². The molecule has 3 heteroatoms. The van der Waals surface area contributed by atoms with Gasteiger partial charge in [0.25, 0.3) is 0 Å². The van der Waals surface area contributed by atoms with Crippen LogP contribution in [-0.4, -0.2) is 23.5 Å². The Morgan fingerprint density at radius 3 is 2.43 bits per heavy atom. The summed E-state index contributed by atoms with van der Waals surface area (Å²) < 4.78 is 5.92. The van der Waals surface area contributed by atoms with Gasteiger partial charge < -0.3 is 9.73 Å². The summed E-state index contributed by atoms with van der Waals surface area (Å²) in [6, 6.07) is 2.23. The fourth-order valence-electron chi connectivity index (χ4n) is 3.35. The van der Waals surface area contributed by atoms with E-state index in [1.807, 2.05) is 0 Å². The van der Waals surface area contributed by atoms with Crippen LogP contribution in [0.2, 0.25) is 0 Å². The first-order chi connectivity index (χ1) is 9.73. The van der Waals surface area contributed by atoms with Crippen molar-refractivity contribution in [2.45, 2.75) is 66.6 Å². The van der Waals surface area contributed by atoms with Crippen molar-refractivity contribution in [3.8, 4) is 0 Å². The van der Waals surface area contributed by atoms with Crippen LogP contribution in [0.15, 0.2) is 10.5 Å². The lowest BCUT2D eigenvalue weighted by Crippen LogP contribution is -2.38. The highest BCUT2D eigenvalue weighted by Gasteiger charge is 2.23. The van der Waals surface area contributed by atoms with Gasteiger partial charge in [0.1, 0.15) is 11.5 Å². The zero-order chi connectivity index (χ0) is 15.6. The molecular weight excluding hydrogens is 260 g/mol. The lowest BCUT2D eigenvalue weighted by molar-refractivity contribution is 0.134. The van der Waals surface area contributed by atoms with Crippen molar-refractivity contribution in [3.63, 3.8) is 0 Å². The highest BCUT2D eigenvalue weighted by atomic mass is 16.3. The zero-order valence-electron chi connectivity index (χ0n) is 14.6. The van der Waals surface area contributed by atoms with Crippen LogP contribution in [-0.2, 0) is 13.1 Å². The smallest absolute Gasteiger partial charge is 0.118 e. The van der Waals surface area contributed by atoms with E-state index >= 15 is 0 Å². The molecule has 0 radical (unpaired) electrons. The van der Waals surface area contributed by atoms with Crippen LogP contribution in [0.4, 0.5) is 0 Å². The van der Waals surface area contributed by atoms with Crippen molar-refractivity contribution < 1.29 is 4.42 Å². The Morgan fingerprint density at radius 2 is 1.86 bits per heavy atom. The fourth-order valence-corrected chi connectivity index (χ4v) is 3.35. The van der Waals surface area contributed by atoms with Crippen molar-refractivity contribution >= 4 is 0 Å². The van der Waals surface area contributed by atoms with Crippen LogP contribution >= 0.6 is 0 Å². The Balaban J connectivity index is 1.96. The lowest BCUT2D eigenvalue weighted by Gasteiger charge is -2.34. The van der Waals surface area contributed by atoms with E-state index < -0.39 is 0 Å². The molecule has 0 amide bonds. The van der Waals surface area contributed by atoms with Crippen LogP contribution in [0.5, 0.6) is 0 Å². The molecule has 1 aromatic heterocycles. The summed E-state index contributed by atoms with van der Waals surface area (Å²) in [5, 5.41) is 3.49. The summed E-state index contributed by atoms with van der Waals surface area (Å²) in [5.74, 6) is 3.74. The molecule has 1 fully saturated rings. The minimum absolute atomic E-state index is 0.124. The Bertz CT molecular complexity index is 448. The molecular formula is C18H32N2O. The number of furan rings is 1. The highest BCUT2D eigenvalue weighted by molar-refractivity contribution is 5.21. The third-order valence-corrected chi connectivity index (χ3v) is 4.20. The van der Waals surface area contributed by atoms with Crippen LogP contribution in [0.3, 0.4) is 0 Å². The van der Waals surface area contributed by atoms with E-state index in [1.165, 1.54) is 25.1 Å². The summed E-state index contributed by atoms with van der Waals surface area (Å²) in [7, 11) is 0. The molecule has 1 aliphatic heterocycles. The van der Waals surface area contributed by atoms with Gasteiger partial charge >= 0.3 is 0 Å². The van der Waals surface area contributed by atoms with Gasteiger partial charge in [-0.25, -0.2) is 0 Å². The molecule has 1 aromatic rings. The molecule has 120 valence electrons. The molecule has 0 bridgehead atoms. The molecule has 2 atom stereocenters. The maximum atomic E-state index is 5.92. The van der Waals surface area contributed by atoms with Gasteiger partial charge in [0.05, 0.1) is 6.54 Å². The number of piperidine rings is 1. The minimum Gasteiger partial charge on any atom is -0.465 e. The third kappa shape index (κ3) is 5.15. The van der Waals surface area contributed by atoms with Crippen LogP contribution < -0.4 is 5.32 Å². The molecule has 21 heavy (non-hydrogen) atoms. The van der Waals surface area contributed by atoms with Crippen LogP contribution in [0.1, 0.15) is 58.1 Å². The third-order valence-electron chi connectivity index (χ3n) is 4.20. The first-order valence-corrected chi connectivity index (χ1v) is 8.28. The summed E-state index contributed by atoms with van der Waals surface area (Å²) >= 11 is 0. The Labute approximate surface area is 130 Å². The summed E-state index contributed by atoms with van der Waals surface area (Å²) in [6.45, 7) is 17.6. The zero-order valence-corrected chi connectivity index (χ0v) is 14.6. The van der Waals surface area contributed by atoms with Gasteiger partial charge in [-0.1, -0.05) is 13.8 Å². The second-order valence-electron chi connectivity index (χ2n) is 8.04. The molecule has 0 aromatic carbocycles. The van der Waals surface area contributed by atoms with Crippen molar-refractivity contribution in [3.05, 3.63) is 23.2 Å². The van der Waals surface area contributed by atoms with Crippen molar-refractivity contribution in [2.24, 2.45) is 11.8 Å². The number of nitrogens with zero attached hydrogens (tertiary/aromatic N) is 1. The number of likely N-dealkylation sites (tertiary alicyclic amines) is 1. The minimum atomic E-state index is 0.124. The number of hydrogen-bond donors (Lipinski definition) is 1. The summed E-state index contributed by atoms with van der Waals surface area (Å²) in [4.78, 5) is 2.58. The Hall–Kier alpha value is -0.800. The number of aryl methyl sites for hydroxylation is 1. The van der Waals surface area contributed by atoms with Gasteiger partial charge in [0.2, 0.25) is 0 Å². The summed E-state index contributed by atoms with van der Waals surface area (Å²) in [6.07, 6.45) is 1.36. The Morgan fingerprint density at radius 1 is 1.24 bits per heavy atom. The molecule has 2 unspecified atom stereocenters. The maximum absolute atomic E-state index is 5.92. The normalized spacial score (nSPS) is 24.5. The molecule has 1 saturated heterocycles. The van der Waals surface area contributed by atoms with Crippen LogP contribution in [0, 0.1) is 18.8 Å². The number of hydrogen-bond acceptors (Lipinski definition) is 3. The molecule has 2 rings (SSSR count). The SMILES string of the molecule is Cc1oc(CNC(C)(C)C)cc1CN1CC(C)CC(C)C1. The van der Waals surface area contributed by atoms with Gasteiger partial charge in [-0.2, -0.15) is 0 Å². The average molecular weight is 292 g/mol. The molecule has 0 saturated carbocycles. The average Bonchev–Trinajstić information content (AvgIpc) is 2.65. The van der Waals surface area contributed by atoms with Crippen molar-refractivity contribution in [1.82, 2.24) is 10.2 Å². The van der Waals surface area contributed by atoms with Gasteiger partial charge in [-0.05, 0) is 52.0 Å². The maximum Gasteiger partial charge on any atom is 0.118 e. The van der Waals surface area contributed by atoms with Crippen molar-refractivity contribution in [1.29, 1.82) is 0 Å². The molecule has 1 aliphatic rings. The van der Waals surface area contributed by atoms with E-state index in [9.17, 15) is 0 Å². The monoisotopic (exact) mass is 292 g/mol. The van der Waals surface area contributed by atoms with Gasteiger partial charge in [0.15, 0.2) is 0 Å². The summed E-state index contributed by atoms with van der Waals surface area (Å²) in [5.41, 5.74) is 1.47. The topological polar surface area (TPSA) is 28.4 Å². The van der Waals surface area contributed by atoms with E-state index in [4.69, 9.17) is 4.42 Å². The van der Waals surface area contributed by atoms with E-state index in [-0.39, 0.29) is 5.54 Å². The molecule has 0 aliphatic carbocycles. The van der Waals surface area contributed by atoms with Crippen LogP contribution in [0.25, 0.3) is 0 Å². The standard InChI is InChI=1S/C18H32N2O/c1-13-7-14(2)11-20(10-13)12-16-8-17(21-15(16)3)9-19-18(4,5)6/h8,13-14,19H,7,9-12H2,1-6H3. The molecule has 2 heterocycles. The second kappa shape index (κ2) is 6.53. The second-order valence-corrected chi connectivity index (χ2v) is 8.04. The highest BCUT2D eigenvalue weighted by Crippen LogP contribution is 2.24. The van der Waals surface area contributed by atoms with E-state index in [0.717, 1.165) is 36.4 Å². The predicted molar refractivity (Wildman–Crippen MR) is 88.3 cm³/mol. The first kappa shape index (κ1) is 16.6. The number of rotatable bonds is 4. The van der Waals surface area contributed by atoms with E-state index in [2.05, 4.69) is 57.8 Å². The van der Waals surface area contributed by atoms with Gasteiger partial charge in [-0.15, -0.1) is 0 Å². The molecule has 3 nitrogen and oxygen atoms in total. The van der Waals surface area contributed by atoms with E-state index in [1.54, 1.807) is 0 Å². The quantitative estimate of drug-likeness (QED) is 0.910. The molecule has 1 N–H and O–H groups in total.